The predicted octanol–water partition coefficient (Wildman–Crippen LogP) is 4.33. The van der Waals surface area contributed by atoms with E-state index in [-0.39, 0.29) is 17.7 Å². The standard InChI is InChI=1S/C22H20F3N3O3/c1-12-7-19(30-3)15(21(29)31-4)10-18(12)27-22-26-13(2)5-6-28(22)11-14-8-16(23)20(25)17(24)9-14/h5-10H,2,11H2,1,3-4H3,(H,26,27). The van der Waals surface area contributed by atoms with E-state index in [4.69, 9.17) is 9.47 Å². The van der Waals surface area contributed by atoms with Gasteiger partial charge in [-0.05, 0) is 48.4 Å². The zero-order valence-electron chi connectivity index (χ0n) is 17.1. The Morgan fingerprint density at radius 1 is 1.16 bits per heavy atom. The third kappa shape index (κ3) is 4.71. The lowest BCUT2D eigenvalue weighted by atomic mass is 10.1. The first kappa shape index (κ1) is 21.9. The van der Waals surface area contributed by atoms with Crippen molar-refractivity contribution in [3.8, 4) is 5.75 Å². The predicted molar refractivity (Wildman–Crippen MR) is 109 cm³/mol. The van der Waals surface area contributed by atoms with Crippen LogP contribution in [-0.2, 0) is 11.3 Å². The minimum absolute atomic E-state index is 0.00277. The van der Waals surface area contributed by atoms with E-state index in [0.29, 0.717) is 28.7 Å². The summed E-state index contributed by atoms with van der Waals surface area (Å²) in [6.45, 7) is 5.61. The van der Waals surface area contributed by atoms with E-state index in [9.17, 15) is 18.0 Å². The quantitative estimate of drug-likeness (QED) is 0.564. The van der Waals surface area contributed by atoms with E-state index in [1.165, 1.54) is 20.3 Å². The summed E-state index contributed by atoms with van der Waals surface area (Å²) in [6.07, 6.45) is 3.27. The number of hydrogen-bond acceptors (Lipinski definition) is 4. The van der Waals surface area contributed by atoms with Gasteiger partial charge in [-0.2, -0.15) is 0 Å². The van der Waals surface area contributed by atoms with Crippen molar-refractivity contribution in [2.24, 2.45) is 4.99 Å². The number of esters is 1. The summed E-state index contributed by atoms with van der Waals surface area (Å²) in [5.41, 5.74) is 2.07. The Bertz CT molecular complexity index is 1090. The highest BCUT2D eigenvalue weighted by atomic mass is 19.2. The minimum Gasteiger partial charge on any atom is -0.496 e. The molecule has 0 bridgehead atoms. The fourth-order valence-electron chi connectivity index (χ4n) is 2.97. The average Bonchev–Trinajstić information content (AvgIpc) is 2.74. The number of nitrogens with one attached hydrogen (secondary N) is 1. The number of rotatable bonds is 5. The van der Waals surface area contributed by atoms with Crippen LogP contribution in [0.25, 0.3) is 0 Å². The number of carbonyl (C=O) groups is 1. The lowest BCUT2D eigenvalue weighted by molar-refractivity contribution is 0.0597. The first-order valence-electron chi connectivity index (χ1n) is 9.13. The second kappa shape index (κ2) is 8.95. The van der Waals surface area contributed by atoms with Gasteiger partial charge in [0.2, 0.25) is 5.96 Å². The maximum atomic E-state index is 13.6. The molecule has 6 nitrogen and oxygen atoms in total. The maximum absolute atomic E-state index is 13.6. The molecule has 0 amide bonds. The first-order valence-corrected chi connectivity index (χ1v) is 9.13. The van der Waals surface area contributed by atoms with E-state index in [2.05, 4.69) is 16.9 Å². The fourth-order valence-corrected chi connectivity index (χ4v) is 2.97. The van der Waals surface area contributed by atoms with Gasteiger partial charge in [0.15, 0.2) is 17.5 Å². The summed E-state index contributed by atoms with van der Waals surface area (Å²) in [7, 11) is 2.69. The van der Waals surface area contributed by atoms with Gasteiger partial charge in [-0.1, -0.05) is 6.58 Å². The molecule has 1 N–H and O–H groups in total. The third-order valence-electron chi connectivity index (χ3n) is 4.55. The second-order valence-corrected chi connectivity index (χ2v) is 6.73. The van der Waals surface area contributed by atoms with Gasteiger partial charge in [0, 0.05) is 11.9 Å². The molecule has 0 aliphatic carbocycles. The van der Waals surface area contributed by atoms with Crippen LogP contribution in [0.1, 0.15) is 21.5 Å². The van der Waals surface area contributed by atoms with E-state index in [1.807, 2.05) is 0 Å². The van der Waals surface area contributed by atoms with E-state index < -0.39 is 23.4 Å². The normalized spacial score (nSPS) is 14.6. The number of guanidine groups is 1. The molecule has 0 saturated carbocycles. The molecule has 9 heteroatoms. The summed E-state index contributed by atoms with van der Waals surface area (Å²) in [4.78, 5) is 18.2. The maximum Gasteiger partial charge on any atom is 0.341 e. The van der Waals surface area contributed by atoms with Gasteiger partial charge < -0.3 is 19.7 Å². The van der Waals surface area contributed by atoms with E-state index in [0.717, 1.165) is 12.1 Å². The van der Waals surface area contributed by atoms with E-state index >= 15 is 0 Å². The van der Waals surface area contributed by atoms with Gasteiger partial charge >= 0.3 is 5.97 Å². The second-order valence-electron chi connectivity index (χ2n) is 6.73. The smallest absolute Gasteiger partial charge is 0.341 e. The summed E-state index contributed by atoms with van der Waals surface area (Å²) < 4.78 is 50.5. The van der Waals surface area contributed by atoms with Gasteiger partial charge in [-0.25, -0.2) is 23.0 Å². The van der Waals surface area contributed by atoms with Crippen LogP contribution in [0.3, 0.4) is 0 Å². The molecule has 0 fully saturated rings. The summed E-state index contributed by atoms with van der Waals surface area (Å²) in [5, 5.41) is 2.98. The highest BCUT2D eigenvalue weighted by Gasteiger charge is 2.20. The number of benzene rings is 2. The Kier molecular flexibility index (Phi) is 6.33. The van der Waals surface area contributed by atoms with Crippen molar-refractivity contribution in [2.75, 3.05) is 14.2 Å². The number of nitrogens with zero attached hydrogens (tertiary/aromatic N) is 2. The molecule has 1 aliphatic rings. The van der Waals surface area contributed by atoms with Crippen molar-refractivity contribution >= 4 is 17.6 Å². The Labute approximate surface area is 177 Å². The molecule has 2 aromatic rings. The number of ether oxygens (including phenoxy) is 2. The average molecular weight is 431 g/mol. The number of methoxy groups -OCH3 is 2. The highest BCUT2D eigenvalue weighted by molar-refractivity contribution is 5.95. The van der Waals surface area contributed by atoms with Gasteiger partial charge in [-0.3, -0.25) is 0 Å². The Morgan fingerprint density at radius 3 is 2.45 bits per heavy atom. The lowest BCUT2D eigenvalue weighted by Crippen LogP contribution is -2.39. The number of hydrogen-bond donors (Lipinski definition) is 1. The molecular weight excluding hydrogens is 411 g/mol. The summed E-state index contributed by atoms with van der Waals surface area (Å²) >= 11 is 0. The van der Waals surface area contributed by atoms with Crippen LogP contribution in [0.2, 0.25) is 0 Å². The van der Waals surface area contributed by atoms with Gasteiger partial charge in [-0.15, -0.1) is 0 Å². The van der Waals surface area contributed by atoms with Crippen LogP contribution in [0.5, 0.6) is 5.75 Å². The molecule has 0 saturated heterocycles. The number of halogens is 3. The van der Waals surface area contributed by atoms with Crippen molar-refractivity contribution < 1.29 is 27.4 Å². The molecule has 0 radical (unpaired) electrons. The van der Waals surface area contributed by atoms with Crippen molar-refractivity contribution in [1.82, 2.24) is 10.2 Å². The molecule has 0 aromatic heterocycles. The Hall–Kier alpha value is -3.75. The molecule has 2 aromatic carbocycles. The van der Waals surface area contributed by atoms with Crippen molar-refractivity contribution in [3.63, 3.8) is 0 Å². The van der Waals surface area contributed by atoms with Crippen molar-refractivity contribution in [1.29, 1.82) is 0 Å². The summed E-state index contributed by atoms with van der Waals surface area (Å²) in [6, 6.07) is 5.00. The van der Waals surface area contributed by atoms with Gasteiger partial charge in [0.25, 0.3) is 0 Å². The summed E-state index contributed by atoms with van der Waals surface area (Å²) in [5.74, 6) is -4.04. The van der Waals surface area contributed by atoms with Crippen molar-refractivity contribution in [3.05, 3.63) is 83.0 Å². The van der Waals surface area contributed by atoms with Crippen LogP contribution in [0, 0.1) is 24.4 Å². The monoisotopic (exact) mass is 431 g/mol. The number of aryl methyl sites for hydroxylation is 1. The van der Waals surface area contributed by atoms with E-state index in [1.54, 1.807) is 30.2 Å². The number of aliphatic imine (C=N–C) groups is 1. The highest BCUT2D eigenvalue weighted by Crippen LogP contribution is 2.30. The Balaban J connectivity index is 2.02. The SMILES string of the molecule is C=C1C=CN(Cc2cc(F)c(F)c(F)c2)C(=Nc2cc(C(=O)OC)c(OC)cc2C)N1. The third-order valence-corrected chi connectivity index (χ3v) is 4.55. The minimum atomic E-state index is -1.53. The lowest BCUT2D eigenvalue weighted by Gasteiger charge is -2.27. The molecule has 3 rings (SSSR count). The topological polar surface area (TPSA) is 63.2 Å². The molecule has 31 heavy (non-hydrogen) atoms. The largest absolute Gasteiger partial charge is 0.496 e. The fraction of sp³-hybridized carbons (Fsp3) is 0.182. The molecule has 162 valence electrons. The van der Waals surface area contributed by atoms with Gasteiger partial charge in [0.05, 0.1) is 26.5 Å². The van der Waals surface area contributed by atoms with Crippen LogP contribution in [0.4, 0.5) is 18.9 Å². The molecule has 0 atom stereocenters. The first-order chi connectivity index (χ1) is 14.7. The van der Waals surface area contributed by atoms with Crippen LogP contribution >= 0.6 is 0 Å². The van der Waals surface area contributed by atoms with Crippen LogP contribution in [0.15, 0.2) is 53.8 Å². The molecule has 0 unspecified atom stereocenters. The Morgan fingerprint density at radius 2 is 1.84 bits per heavy atom. The van der Waals surface area contributed by atoms with Crippen LogP contribution in [-0.4, -0.2) is 31.0 Å². The molecular formula is C22H20F3N3O3. The molecule has 0 spiro atoms. The number of carbonyl (C=O) groups excluding carboxylic acids is 1. The number of allylic oxidation sites excluding steroid dienone is 1. The van der Waals surface area contributed by atoms with Crippen LogP contribution < -0.4 is 10.1 Å². The molecule has 1 heterocycles. The molecule has 1 aliphatic heterocycles. The van der Waals surface area contributed by atoms with Gasteiger partial charge in [0.1, 0.15) is 11.3 Å². The zero-order chi connectivity index (χ0) is 22.7. The van der Waals surface area contributed by atoms with Crippen molar-refractivity contribution in [2.45, 2.75) is 13.5 Å². The zero-order valence-corrected chi connectivity index (χ0v) is 17.1.